The van der Waals surface area contributed by atoms with Gasteiger partial charge in [-0.3, -0.25) is 9.69 Å². The van der Waals surface area contributed by atoms with Gasteiger partial charge in [-0.2, -0.15) is 0 Å². The molecule has 2 unspecified atom stereocenters. The zero-order valence-corrected chi connectivity index (χ0v) is 12.5. The molecule has 2 aliphatic rings. The molecule has 19 heavy (non-hydrogen) atoms. The van der Waals surface area contributed by atoms with Crippen LogP contribution in [0.25, 0.3) is 0 Å². The lowest BCUT2D eigenvalue weighted by molar-refractivity contribution is -0.127. The van der Waals surface area contributed by atoms with Gasteiger partial charge >= 0.3 is 0 Å². The Morgan fingerprint density at radius 3 is 2.79 bits per heavy atom. The topological polar surface area (TPSA) is 44.4 Å². The minimum atomic E-state index is 0.0225. The first-order valence-corrected chi connectivity index (χ1v) is 7.99. The average Bonchev–Trinajstić information content (AvgIpc) is 3.23. The quantitative estimate of drug-likeness (QED) is 0.687. The second-order valence-electron chi connectivity index (χ2n) is 6.05. The van der Waals surface area contributed by atoms with Crippen LogP contribution in [0.5, 0.6) is 0 Å². The van der Waals surface area contributed by atoms with Crippen molar-refractivity contribution < 1.29 is 4.79 Å². The monoisotopic (exact) mass is 267 g/mol. The summed E-state index contributed by atoms with van der Waals surface area (Å²) in [6, 6.07) is 1.02. The second kappa shape index (κ2) is 7.25. The molecule has 4 nitrogen and oxygen atoms in total. The van der Waals surface area contributed by atoms with Crippen molar-refractivity contribution in [2.24, 2.45) is 0 Å². The molecule has 1 aliphatic carbocycles. The second-order valence-corrected chi connectivity index (χ2v) is 6.05. The van der Waals surface area contributed by atoms with E-state index >= 15 is 0 Å². The van der Waals surface area contributed by atoms with Gasteiger partial charge in [-0.25, -0.2) is 0 Å². The van der Waals surface area contributed by atoms with Gasteiger partial charge in [0.2, 0.25) is 5.91 Å². The lowest BCUT2D eigenvalue weighted by Crippen LogP contribution is -2.54. The van der Waals surface area contributed by atoms with Crippen molar-refractivity contribution in [3.8, 4) is 0 Å². The summed E-state index contributed by atoms with van der Waals surface area (Å²) in [6.45, 7) is 7.42. The molecule has 2 atom stereocenters. The lowest BCUT2D eigenvalue weighted by Gasteiger charge is -2.39. The summed E-state index contributed by atoms with van der Waals surface area (Å²) >= 11 is 0. The van der Waals surface area contributed by atoms with E-state index in [0.29, 0.717) is 12.1 Å². The van der Waals surface area contributed by atoms with Crippen LogP contribution in [0, 0.1) is 0 Å². The van der Waals surface area contributed by atoms with E-state index in [9.17, 15) is 4.79 Å². The van der Waals surface area contributed by atoms with E-state index in [-0.39, 0.29) is 11.9 Å². The highest BCUT2D eigenvalue weighted by atomic mass is 16.2. The Morgan fingerprint density at radius 1 is 1.32 bits per heavy atom. The minimum absolute atomic E-state index is 0.0225. The van der Waals surface area contributed by atoms with Crippen molar-refractivity contribution >= 4 is 5.91 Å². The Bertz CT molecular complexity index is 291. The van der Waals surface area contributed by atoms with Crippen LogP contribution in [0.4, 0.5) is 0 Å². The van der Waals surface area contributed by atoms with Gasteiger partial charge in [-0.05, 0) is 52.1 Å². The summed E-state index contributed by atoms with van der Waals surface area (Å²) in [5.74, 6) is 0.227. The standard InChI is InChI=1S/C15H29N3O/c1-3-9-16-11-14-6-4-5-10-18(14)12(2)15(19)17-13-7-8-13/h12-14,16H,3-11H2,1-2H3,(H,17,19). The van der Waals surface area contributed by atoms with Crippen molar-refractivity contribution in [1.29, 1.82) is 0 Å². The van der Waals surface area contributed by atoms with Gasteiger partial charge in [0.1, 0.15) is 0 Å². The molecule has 1 saturated carbocycles. The molecular weight excluding hydrogens is 238 g/mol. The Hall–Kier alpha value is -0.610. The van der Waals surface area contributed by atoms with Crippen molar-refractivity contribution in [1.82, 2.24) is 15.5 Å². The van der Waals surface area contributed by atoms with Crippen molar-refractivity contribution in [3.63, 3.8) is 0 Å². The number of hydrogen-bond donors (Lipinski definition) is 2. The molecule has 2 rings (SSSR count). The number of carbonyl (C=O) groups is 1. The molecule has 110 valence electrons. The number of piperidine rings is 1. The zero-order valence-electron chi connectivity index (χ0n) is 12.5. The Kier molecular flexibility index (Phi) is 5.64. The number of likely N-dealkylation sites (tertiary alicyclic amines) is 1. The highest BCUT2D eigenvalue weighted by Crippen LogP contribution is 2.22. The molecule has 4 heteroatoms. The third kappa shape index (κ3) is 4.46. The SMILES string of the molecule is CCCNCC1CCCCN1C(C)C(=O)NC1CC1. The van der Waals surface area contributed by atoms with E-state index in [1.807, 2.05) is 0 Å². The third-order valence-corrected chi connectivity index (χ3v) is 4.28. The van der Waals surface area contributed by atoms with Crippen molar-refractivity contribution in [2.75, 3.05) is 19.6 Å². The van der Waals surface area contributed by atoms with Crippen molar-refractivity contribution in [2.45, 2.75) is 70.5 Å². The molecule has 0 radical (unpaired) electrons. The van der Waals surface area contributed by atoms with Gasteiger partial charge in [0.05, 0.1) is 6.04 Å². The molecule has 0 bridgehead atoms. The van der Waals surface area contributed by atoms with Crippen LogP contribution in [0.1, 0.15) is 52.4 Å². The number of nitrogens with one attached hydrogen (secondary N) is 2. The van der Waals surface area contributed by atoms with Crippen LogP contribution in [0.15, 0.2) is 0 Å². The molecular formula is C15H29N3O. The summed E-state index contributed by atoms with van der Waals surface area (Å²) in [4.78, 5) is 14.6. The number of amides is 1. The summed E-state index contributed by atoms with van der Waals surface area (Å²) in [7, 11) is 0. The number of hydrogen-bond acceptors (Lipinski definition) is 3. The highest BCUT2D eigenvalue weighted by molar-refractivity contribution is 5.81. The predicted molar refractivity (Wildman–Crippen MR) is 78.1 cm³/mol. The highest BCUT2D eigenvalue weighted by Gasteiger charge is 2.32. The van der Waals surface area contributed by atoms with Gasteiger partial charge in [-0.15, -0.1) is 0 Å². The predicted octanol–water partition coefficient (Wildman–Crippen LogP) is 1.51. The first kappa shape index (κ1) is 14.8. The molecule has 0 spiro atoms. The Morgan fingerprint density at radius 2 is 2.11 bits per heavy atom. The number of nitrogens with zero attached hydrogens (tertiary/aromatic N) is 1. The van der Waals surface area contributed by atoms with Crippen LogP contribution < -0.4 is 10.6 Å². The first-order chi connectivity index (χ1) is 9.22. The summed E-state index contributed by atoms with van der Waals surface area (Å²) in [6.07, 6.45) is 7.25. The van der Waals surface area contributed by atoms with E-state index in [1.165, 1.54) is 38.5 Å². The van der Waals surface area contributed by atoms with Gasteiger partial charge in [-0.1, -0.05) is 13.3 Å². The van der Waals surface area contributed by atoms with E-state index < -0.39 is 0 Å². The van der Waals surface area contributed by atoms with Crippen LogP contribution in [0.3, 0.4) is 0 Å². The molecule has 0 aromatic heterocycles. The van der Waals surface area contributed by atoms with Gasteiger partial charge in [0.25, 0.3) is 0 Å². The lowest BCUT2D eigenvalue weighted by atomic mass is 9.99. The molecule has 2 N–H and O–H groups in total. The Balaban J connectivity index is 1.83. The molecule has 1 saturated heterocycles. The van der Waals surface area contributed by atoms with Crippen LogP contribution in [-0.2, 0) is 4.79 Å². The fourth-order valence-corrected chi connectivity index (χ4v) is 2.90. The van der Waals surface area contributed by atoms with Crippen LogP contribution in [0.2, 0.25) is 0 Å². The molecule has 1 aliphatic heterocycles. The summed E-state index contributed by atoms with van der Waals surface area (Å²) < 4.78 is 0. The molecule has 1 heterocycles. The van der Waals surface area contributed by atoms with E-state index in [2.05, 4.69) is 29.4 Å². The average molecular weight is 267 g/mol. The number of carbonyl (C=O) groups excluding carboxylic acids is 1. The fourth-order valence-electron chi connectivity index (χ4n) is 2.90. The van der Waals surface area contributed by atoms with E-state index in [0.717, 1.165) is 19.6 Å². The smallest absolute Gasteiger partial charge is 0.237 e. The molecule has 1 amide bonds. The summed E-state index contributed by atoms with van der Waals surface area (Å²) in [5.41, 5.74) is 0. The molecule has 0 aromatic rings. The maximum atomic E-state index is 12.2. The molecule has 0 aromatic carbocycles. The van der Waals surface area contributed by atoms with E-state index in [1.54, 1.807) is 0 Å². The molecule has 2 fully saturated rings. The van der Waals surface area contributed by atoms with Gasteiger partial charge in [0, 0.05) is 18.6 Å². The van der Waals surface area contributed by atoms with Crippen LogP contribution in [-0.4, -0.2) is 48.6 Å². The maximum absolute atomic E-state index is 12.2. The summed E-state index contributed by atoms with van der Waals surface area (Å²) in [5, 5.41) is 6.65. The van der Waals surface area contributed by atoms with Gasteiger partial charge in [0.15, 0.2) is 0 Å². The van der Waals surface area contributed by atoms with Crippen LogP contribution >= 0.6 is 0 Å². The fraction of sp³-hybridized carbons (Fsp3) is 0.933. The largest absolute Gasteiger partial charge is 0.352 e. The minimum Gasteiger partial charge on any atom is -0.352 e. The normalized spacial score (nSPS) is 26.1. The number of rotatable bonds is 7. The van der Waals surface area contributed by atoms with E-state index in [4.69, 9.17) is 0 Å². The Labute approximate surface area is 117 Å². The van der Waals surface area contributed by atoms with Gasteiger partial charge < -0.3 is 10.6 Å². The zero-order chi connectivity index (χ0) is 13.7. The maximum Gasteiger partial charge on any atom is 0.237 e. The van der Waals surface area contributed by atoms with Crippen molar-refractivity contribution in [3.05, 3.63) is 0 Å². The first-order valence-electron chi connectivity index (χ1n) is 7.99. The third-order valence-electron chi connectivity index (χ3n) is 4.28.